The molecule has 6 heteroatoms. The highest BCUT2D eigenvalue weighted by Gasteiger charge is 2.31. The molecule has 1 aliphatic carbocycles. The fourth-order valence-corrected chi connectivity index (χ4v) is 4.64. The van der Waals surface area contributed by atoms with Gasteiger partial charge in [-0.25, -0.2) is 4.98 Å². The Morgan fingerprint density at radius 3 is 2.63 bits per heavy atom. The quantitative estimate of drug-likeness (QED) is 0.759. The summed E-state index contributed by atoms with van der Waals surface area (Å²) in [5, 5.41) is 3.12. The molecule has 0 atom stereocenters. The second-order valence-electron chi connectivity index (χ2n) is 8.98. The molecule has 1 aromatic carbocycles. The minimum Gasteiger partial charge on any atom is -0.445 e. The highest BCUT2D eigenvalue weighted by atomic mass is 16.4. The van der Waals surface area contributed by atoms with Crippen molar-refractivity contribution >= 4 is 11.6 Å². The SMILES string of the molecule is Cc1cnc(CC(=O)NC2CC(CCN3CCN(c4cccc(C)c4C)CC3)C2)o1. The number of anilines is 1. The van der Waals surface area contributed by atoms with E-state index in [1.165, 1.54) is 29.8 Å². The van der Waals surface area contributed by atoms with Crippen LogP contribution in [0.4, 0.5) is 5.69 Å². The van der Waals surface area contributed by atoms with E-state index in [1.54, 1.807) is 6.20 Å². The molecule has 2 aromatic rings. The summed E-state index contributed by atoms with van der Waals surface area (Å²) >= 11 is 0. The van der Waals surface area contributed by atoms with Gasteiger partial charge in [0.2, 0.25) is 11.8 Å². The number of hydrogen-bond acceptors (Lipinski definition) is 5. The first-order valence-electron chi connectivity index (χ1n) is 11.2. The Bertz CT molecular complexity index is 864. The lowest BCUT2D eigenvalue weighted by Crippen LogP contribution is -2.48. The number of aromatic nitrogens is 1. The Balaban J connectivity index is 1.12. The fraction of sp³-hybridized carbons (Fsp3) is 0.583. The molecule has 1 N–H and O–H groups in total. The molecule has 0 bridgehead atoms. The van der Waals surface area contributed by atoms with Crippen molar-refractivity contribution in [2.24, 2.45) is 5.92 Å². The highest BCUT2D eigenvalue weighted by Crippen LogP contribution is 2.31. The smallest absolute Gasteiger partial charge is 0.229 e. The van der Waals surface area contributed by atoms with Crippen LogP contribution in [-0.4, -0.2) is 54.6 Å². The summed E-state index contributed by atoms with van der Waals surface area (Å²) in [5.74, 6) is 2.00. The monoisotopic (exact) mass is 410 g/mol. The normalized spacial score (nSPS) is 22.0. The predicted molar refractivity (Wildman–Crippen MR) is 119 cm³/mol. The van der Waals surface area contributed by atoms with Gasteiger partial charge in [-0.05, 0) is 69.7 Å². The summed E-state index contributed by atoms with van der Waals surface area (Å²) in [5.41, 5.74) is 4.18. The van der Waals surface area contributed by atoms with E-state index < -0.39 is 0 Å². The summed E-state index contributed by atoms with van der Waals surface area (Å²) in [6.07, 6.45) is 5.32. The largest absolute Gasteiger partial charge is 0.445 e. The van der Waals surface area contributed by atoms with E-state index in [2.05, 4.69) is 52.1 Å². The molecule has 2 heterocycles. The minimum atomic E-state index is 0.0165. The number of aryl methyl sites for hydroxylation is 2. The first-order chi connectivity index (χ1) is 14.5. The highest BCUT2D eigenvalue weighted by molar-refractivity contribution is 5.78. The van der Waals surface area contributed by atoms with Crippen molar-refractivity contribution in [3.63, 3.8) is 0 Å². The molecular weight excluding hydrogens is 376 g/mol. The van der Waals surface area contributed by atoms with E-state index in [0.29, 0.717) is 11.9 Å². The van der Waals surface area contributed by atoms with E-state index in [4.69, 9.17) is 4.42 Å². The van der Waals surface area contributed by atoms with E-state index >= 15 is 0 Å². The number of carbonyl (C=O) groups excluding carboxylic acids is 1. The predicted octanol–water partition coefficient (Wildman–Crippen LogP) is 3.25. The van der Waals surface area contributed by atoms with Gasteiger partial charge in [0, 0.05) is 37.9 Å². The van der Waals surface area contributed by atoms with E-state index in [1.807, 2.05) is 6.92 Å². The lowest BCUT2D eigenvalue weighted by Gasteiger charge is -2.40. The number of amides is 1. The van der Waals surface area contributed by atoms with Gasteiger partial charge in [0.15, 0.2) is 0 Å². The Hall–Kier alpha value is -2.34. The number of piperazine rings is 1. The molecule has 162 valence electrons. The van der Waals surface area contributed by atoms with Gasteiger partial charge < -0.3 is 14.6 Å². The number of oxazole rings is 1. The van der Waals surface area contributed by atoms with Crippen LogP contribution in [0.3, 0.4) is 0 Å². The molecule has 0 unspecified atom stereocenters. The van der Waals surface area contributed by atoms with Crippen LogP contribution >= 0.6 is 0 Å². The van der Waals surface area contributed by atoms with Crippen LogP contribution < -0.4 is 10.2 Å². The standard InChI is InChI=1S/C24H34N4O2/c1-17-5-4-6-22(19(17)3)28-11-9-27(10-12-28)8-7-20-13-21(14-20)26-23(29)15-24-25-16-18(2)30-24/h4-6,16,20-21H,7-15H2,1-3H3,(H,26,29). The van der Waals surface area contributed by atoms with Crippen molar-refractivity contribution in [2.45, 2.75) is 52.5 Å². The lowest BCUT2D eigenvalue weighted by atomic mass is 9.78. The van der Waals surface area contributed by atoms with Crippen molar-refractivity contribution < 1.29 is 9.21 Å². The van der Waals surface area contributed by atoms with Crippen molar-refractivity contribution in [1.29, 1.82) is 0 Å². The van der Waals surface area contributed by atoms with Gasteiger partial charge >= 0.3 is 0 Å². The Morgan fingerprint density at radius 1 is 1.17 bits per heavy atom. The summed E-state index contributed by atoms with van der Waals surface area (Å²) < 4.78 is 5.38. The zero-order valence-corrected chi connectivity index (χ0v) is 18.5. The fourth-order valence-electron chi connectivity index (χ4n) is 4.64. The topological polar surface area (TPSA) is 61.6 Å². The third kappa shape index (κ3) is 5.04. The second-order valence-corrected chi connectivity index (χ2v) is 8.98. The van der Waals surface area contributed by atoms with Crippen LogP contribution in [0.2, 0.25) is 0 Å². The van der Waals surface area contributed by atoms with Gasteiger partial charge in [0.1, 0.15) is 12.2 Å². The first kappa shape index (κ1) is 20.9. The maximum absolute atomic E-state index is 12.1. The van der Waals surface area contributed by atoms with Crippen LogP contribution in [0.25, 0.3) is 0 Å². The summed E-state index contributed by atoms with van der Waals surface area (Å²) in [6.45, 7) is 11.9. The van der Waals surface area contributed by atoms with Gasteiger partial charge in [0.25, 0.3) is 0 Å². The molecule has 2 aliphatic rings. The molecule has 1 saturated heterocycles. The van der Waals surface area contributed by atoms with E-state index in [9.17, 15) is 4.79 Å². The number of nitrogens with zero attached hydrogens (tertiary/aromatic N) is 3. The molecule has 1 aliphatic heterocycles. The first-order valence-corrected chi connectivity index (χ1v) is 11.2. The van der Waals surface area contributed by atoms with Gasteiger partial charge in [-0.2, -0.15) is 0 Å². The molecular formula is C24H34N4O2. The average Bonchev–Trinajstić information content (AvgIpc) is 3.10. The van der Waals surface area contributed by atoms with Crippen LogP contribution in [0.15, 0.2) is 28.8 Å². The molecule has 30 heavy (non-hydrogen) atoms. The molecule has 2 fully saturated rings. The third-order valence-electron chi connectivity index (χ3n) is 6.72. The van der Waals surface area contributed by atoms with Gasteiger partial charge in [-0.3, -0.25) is 9.69 Å². The van der Waals surface area contributed by atoms with Crippen LogP contribution in [0.1, 0.15) is 42.0 Å². The average molecular weight is 411 g/mol. The maximum Gasteiger partial charge on any atom is 0.229 e. The van der Waals surface area contributed by atoms with Crippen LogP contribution in [0, 0.1) is 26.7 Å². The van der Waals surface area contributed by atoms with Gasteiger partial charge in [-0.1, -0.05) is 12.1 Å². The summed E-state index contributed by atoms with van der Waals surface area (Å²) in [6, 6.07) is 6.93. The van der Waals surface area contributed by atoms with Crippen molar-refractivity contribution in [1.82, 2.24) is 15.2 Å². The number of nitrogens with one attached hydrogen (secondary N) is 1. The van der Waals surface area contributed by atoms with Crippen LogP contribution in [-0.2, 0) is 11.2 Å². The minimum absolute atomic E-state index is 0.0165. The second kappa shape index (κ2) is 9.21. The molecule has 4 rings (SSSR count). The molecule has 0 spiro atoms. The number of carbonyl (C=O) groups is 1. The van der Waals surface area contributed by atoms with Crippen molar-refractivity contribution in [3.8, 4) is 0 Å². The number of rotatable bonds is 7. The number of hydrogen-bond donors (Lipinski definition) is 1. The van der Waals surface area contributed by atoms with Crippen molar-refractivity contribution in [3.05, 3.63) is 47.2 Å². The third-order valence-corrected chi connectivity index (χ3v) is 6.72. The van der Waals surface area contributed by atoms with Gasteiger partial charge in [0.05, 0.1) is 6.20 Å². The van der Waals surface area contributed by atoms with E-state index in [-0.39, 0.29) is 12.3 Å². The lowest BCUT2D eigenvalue weighted by molar-refractivity contribution is -0.122. The van der Waals surface area contributed by atoms with Crippen LogP contribution in [0.5, 0.6) is 0 Å². The Morgan fingerprint density at radius 2 is 1.93 bits per heavy atom. The zero-order valence-electron chi connectivity index (χ0n) is 18.5. The Kier molecular flexibility index (Phi) is 6.42. The Labute approximate surface area is 179 Å². The molecule has 0 radical (unpaired) electrons. The molecule has 1 aromatic heterocycles. The van der Waals surface area contributed by atoms with E-state index in [0.717, 1.165) is 50.7 Å². The van der Waals surface area contributed by atoms with Gasteiger partial charge in [-0.15, -0.1) is 0 Å². The molecule has 1 saturated carbocycles. The molecule has 6 nitrogen and oxygen atoms in total. The summed E-state index contributed by atoms with van der Waals surface area (Å²) in [7, 11) is 0. The number of benzene rings is 1. The summed E-state index contributed by atoms with van der Waals surface area (Å²) in [4.78, 5) is 21.3. The zero-order chi connectivity index (χ0) is 21.1. The maximum atomic E-state index is 12.1. The molecule has 1 amide bonds. The van der Waals surface area contributed by atoms with Crippen molar-refractivity contribution in [2.75, 3.05) is 37.6 Å².